The Labute approximate surface area is 198 Å². The SMILES string of the molecule is C=C/C=N\C(Oc1ccc(C(=O)c2nc3ccccc3[nH]2)cc1)=C(/N)N1CCC([C@@H](C)O)CC1. The summed E-state index contributed by atoms with van der Waals surface area (Å²) in [6, 6.07) is 14.3. The number of H-pyrrole nitrogens is 1. The number of ketones is 1. The zero-order chi connectivity index (χ0) is 24.1. The molecule has 2 aromatic carbocycles. The third kappa shape index (κ3) is 5.18. The zero-order valence-corrected chi connectivity index (χ0v) is 19.1. The number of likely N-dealkylation sites (tertiary alicyclic amines) is 1. The third-order valence-corrected chi connectivity index (χ3v) is 6.01. The summed E-state index contributed by atoms with van der Waals surface area (Å²) in [5.41, 5.74) is 8.44. The van der Waals surface area contributed by atoms with Crippen molar-refractivity contribution in [2.45, 2.75) is 25.9 Å². The van der Waals surface area contributed by atoms with E-state index in [4.69, 9.17) is 10.5 Å². The monoisotopic (exact) mass is 459 g/mol. The molecule has 8 heteroatoms. The number of aliphatic hydroxyl groups excluding tert-OH is 1. The van der Waals surface area contributed by atoms with Crippen molar-refractivity contribution in [1.82, 2.24) is 14.9 Å². The number of piperidine rings is 1. The molecule has 176 valence electrons. The van der Waals surface area contributed by atoms with Crippen molar-refractivity contribution in [3.63, 3.8) is 0 Å². The van der Waals surface area contributed by atoms with Crippen LogP contribution >= 0.6 is 0 Å². The van der Waals surface area contributed by atoms with Crippen molar-refractivity contribution in [1.29, 1.82) is 0 Å². The first-order valence-corrected chi connectivity index (χ1v) is 11.3. The number of para-hydroxylation sites is 2. The van der Waals surface area contributed by atoms with Crippen molar-refractivity contribution < 1.29 is 14.6 Å². The number of hydrogen-bond donors (Lipinski definition) is 3. The van der Waals surface area contributed by atoms with Crippen LogP contribution in [0, 0.1) is 5.92 Å². The molecule has 0 bridgehead atoms. The predicted molar refractivity (Wildman–Crippen MR) is 132 cm³/mol. The van der Waals surface area contributed by atoms with Gasteiger partial charge in [-0.2, -0.15) is 0 Å². The van der Waals surface area contributed by atoms with Gasteiger partial charge in [-0.3, -0.25) is 4.79 Å². The van der Waals surface area contributed by atoms with Crippen LogP contribution in [0.2, 0.25) is 0 Å². The quantitative estimate of drug-likeness (QED) is 0.269. The van der Waals surface area contributed by atoms with Crippen molar-refractivity contribution in [3.05, 3.63) is 84.3 Å². The molecular weight excluding hydrogens is 430 g/mol. The standard InChI is InChI=1S/C26H29N5O3/c1-3-14-28-26(24(27)31-15-12-18(13-16-31)17(2)32)34-20-10-8-19(9-11-20)23(33)25-29-21-6-4-5-7-22(21)30-25/h3-11,14,17-18,32H,1,12-13,15-16,27H2,2H3,(H,29,30)/b26-24-,28-14-/t17-/m1/s1. The van der Waals surface area contributed by atoms with Gasteiger partial charge in [0.2, 0.25) is 5.78 Å². The average molecular weight is 460 g/mol. The fourth-order valence-corrected chi connectivity index (χ4v) is 4.01. The summed E-state index contributed by atoms with van der Waals surface area (Å²) in [5, 5.41) is 9.84. The Kier molecular flexibility index (Phi) is 7.08. The van der Waals surface area contributed by atoms with Gasteiger partial charge in [0, 0.05) is 24.9 Å². The number of aromatic nitrogens is 2. The zero-order valence-electron chi connectivity index (χ0n) is 19.1. The van der Waals surface area contributed by atoms with Gasteiger partial charge in [0.1, 0.15) is 5.75 Å². The summed E-state index contributed by atoms with van der Waals surface area (Å²) in [7, 11) is 0. The lowest BCUT2D eigenvalue weighted by molar-refractivity contribution is 0.0799. The normalized spacial score (nSPS) is 16.5. The van der Waals surface area contributed by atoms with E-state index in [1.165, 1.54) is 6.21 Å². The first kappa shape index (κ1) is 23.3. The molecule has 4 rings (SSSR count). The van der Waals surface area contributed by atoms with Gasteiger partial charge >= 0.3 is 0 Å². The number of nitrogens with two attached hydrogens (primary N) is 1. The highest BCUT2D eigenvalue weighted by Gasteiger charge is 2.25. The van der Waals surface area contributed by atoms with Gasteiger partial charge in [-0.05, 0) is 62.1 Å². The van der Waals surface area contributed by atoms with Gasteiger partial charge in [-0.1, -0.05) is 24.8 Å². The number of fused-ring (bicyclic) bond motifs is 1. The van der Waals surface area contributed by atoms with Crippen LogP contribution in [0.15, 0.2) is 77.9 Å². The summed E-state index contributed by atoms with van der Waals surface area (Å²) >= 11 is 0. The molecule has 1 aliphatic rings. The molecule has 0 saturated carbocycles. The lowest BCUT2D eigenvalue weighted by Crippen LogP contribution is -2.39. The number of aliphatic imine (C=N–C) groups is 1. The molecular formula is C26H29N5O3. The molecule has 2 heterocycles. The van der Waals surface area contributed by atoms with Gasteiger partial charge in [0.05, 0.1) is 17.1 Å². The molecule has 34 heavy (non-hydrogen) atoms. The number of benzene rings is 2. The maximum Gasteiger partial charge on any atom is 0.260 e. The van der Waals surface area contributed by atoms with E-state index in [-0.39, 0.29) is 29.5 Å². The molecule has 1 aliphatic heterocycles. The first-order chi connectivity index (χ1) is 16.5. The highest BCUT2D eigenvalue weighted by atomic mass is 16.5. The number of aliphatic hydroxyl groups is 1. The maximum absolute atomic E-state index is 12.9. The Bertz CT molecular complexity index is 1190. The summed E-state index contributed by atoms with van der Waals surface area (Å²) < 4.78 is 5.98. The minimum atomic E-state index is -0.331. The summed E-state index contributed by atoms with van der Waals surface area (Å²) in [6.45, 7) is 6.91. The molecule has 3 aromatic rings. The second kappa shape index (κ2) is 10.4. The number of rotatable bonds is 8. The van der Waals surface area contributed by atoms with Crippen LogP contribution < -0.4 is 10.5 Å². The highest BCUT2D eigenvalue weighted by molar-refractivity contribution is 6.08. The number of ether oxygens (including phenoxy) is 1. The highest BCUT2D eigenvalue weighted by Crippen LogP contribution is 2.25. The predicted octanol–water partition coefficient (Wildman–Crippen LogP) is 3.61. The minimum absolute atomic E-state index is 0.205. The van der Waals surface area contributed by atoms with Crippen molar-refractivity contribution in [2.75, 3.05) is 13.1 Å². The van der Waals surface area contributed by atoms with E-state index < -0.39 is 0 Å². The first-order valence-electron chi connectivity index (χ1n) is 11.3. The van der Waals surface area contributed by atoms with Gasteiger partial charge < -0.3 is 25.5 Å². The van der Waals surface area contributed by atoms with Crippen LogP contribution in [0.3, 0.4) is 0 Å². The lowest BCUT2D eigenvalue weighted by atomic mass is 9.92. The minimum Gasteiger partial charge on any atom is -0.436 e. The van der Waals surface area contributed by atoms with Crippen LogP contribution in [-0.4, -0.2) is 51.2 Å². The fraction of sp³-hybridized carbons (Fsp3) is 0.269. The Morgan fingerprint density at radius 3 is 2.62 bits per heavy atom. The Hall–Kier alpha value is -3.91. The summed E-state index contributed by atoms with van der Waals surface area (Å²) in [6.07, 6.45) is 4.42. The van der Waals surface area contributed by atoms with E-state index in [0.29, 0.717) is 30.2 Å². The third-order valence-electron chi connectivity index (χ3n) is 6.01. The number of allylic oxidation sites excluding steroid dienone is 1. The van der Waals surface area contributed by atoms with Gasteiger partial charge in [0.15, 0.2) is 11.6 Å². The van der Waals surface area contributed by atoms with Crippen LogP contribution in [-0.2, 0) is 0 Å². The van der Waals surface area contributed by atoms with E-state index >= 15 is 0 Å². The smallest absolute Gasteiger partial charge is 0.260 e. The summed E-state index contributed by atoms with van der Waals surface area (Å²) in [5.74, 6) is 1.53. The summed E-state index contributed by atoms with van der Waals surface area (Å²) in [4.78, 5) is 26.6. The fourth-order valence-electron chi connectivity index (χ4n) is 4.01. The van der Waals surface area contributed by atoms with E-state index in [2.05, 4.69) is 21.5 Å². The van der Waals surface area contributed by atoms with Gasteiger partial charge in [-0.25, -0.2) is 9.98 Å². The van der Waals surface area contributed by atoms with Crippen molar-refractivity contribution in [3.8, 4) is 5.75 Å². The molecule has 1 saturated heterocycles. The Balaban J connectivity index is 1.50. The maximum atomic E-state index is 12.9. The van der Waals surface area contributed by atoms with Crippen LogP contribution in [0.1, 0.15) is 35.9 Å². The van der Waals surface area contributed by atoms with Crippen molar-refractivity contribution >= 4 is 23.0 Å². The lowest BCUT2D eigenvalue weighted by Gasteiger charge is -2.34. The molecule has 0 radical (unpaired) electrons. The number of aromatic amines is 1. The van der Waals surface area contributed by atoms with E-state index in [1.807, 2.05) is 36.1 Å². The van der Waals surface area contributed by atoms with Crippen LogP contribution in [0.5, 0.6) is 5.75 Å². The number of hydrogen-bond acceptors (Lipinski definition) is 7. The largest absolute Gasteiger partial charge is 0.436 e. The van der Waals surface area contributed by atoms with Crippen LogP contribution in [0.4, 0.5) is 0 Å². The molecule has 1 atom stereocenters. The molecule has 8 nitrogen and oxygen atoms in total. The second-order valence-corrected chi connectivity index (χ2v) is 8.33. The number of carbonyl (C=O) groups excluding carboxylic acids is 1. The second-order valence-electron chi connectivity index (χ2n) is 8.33. The van der Waals surface area contributed by atoms with E-state index in [9.17, 15) is 9.90 Å². The molecule has 4 N–H and O–H groups in total. The van der Waals surface area contributed by atoms with Gasteiger partial charge in [-0.15, -0.1) is 0 Å². The van der Waals surface area contributed by atoms with E-state index in [0.717, 1.165) is 23.9 Å². The Morgan fingerprint density at radius 1 is 1.26 bits per heavy atom. The molecule has 0 aliphatic carbocycles. The van der Waals surface area contributed by atoms with Crippen LogP contribution in [0.25, 0.3) is 11.0 Å². The number of carbonyl (C=O) groups is 1. The number of nitrogens with one attached hydrogen (secondary N) is 1. The van der Waals surface area contributed by atoms with E-state index in [1.54, 1.807) is 30.3 Å². The van der Waals surface area contributed by atoms with Gasteiger partial charge in [0.25, 0.3) is 5.88 Å². The Morgan fingerprint density at radius 2 is 1.97 bits per heavy atom. The molecule has 0 spiro atoms. The number of imidazole rings is 1. The topological polar surface area (TPSA) is 117 Å². The molecule has 1 fully saturated rings. The molecule has 0 unspecified atom stereocenters. The number of nitrogens with zero attached hydrogens (tertiary/aromatic N) is 3. The van der Waals surface area contributed by atoms with Crippen molar-refractivity contribution in [2.24, 2.45) is 16.6 Å². The molecule has 1 aromatic heterocycles. The molecule has 0 amide bonds. The average Bonchev–Trinajstić information content (AvgIpc) is 3.30.